The second-order valence-electron chi connectivity index (χ2n) is 5.28. The lowest BCUT2D eigenvalue weighted by atomic mass is 10.1. The summed E-state index contributed by atoms with van der Waals surface area (Å²) >= 11 is 1.31. The lowest BCUT2D eigenvalue weighted by Crippen LogP contribution is -2.20. The number of halogens is 1. The van der Waals surface area contributed by atoms with Crippen LogP contribution < -0.4 is 4.80 Å². The number of carbonyl (C=O) groups is 1. The summed E-state index contributed by atoms with van der Waals surface area (Å²) in [5.74, 6) is -0.573. The molecule has 4 nitrogen and oxygen atoms in total. The normalized spacial score (nSPS) is 12.0. The molecular weight excluding hydrogens is 327 g/mol. The number of carbonyl (C=O) groups excluding carboxylic acids is 1. The van der Waals surface area contributed by atoms with Gasteiger partial charge in [0.05, 0.1) is 23.2 Å². The van der Waals surface area contributed by atoms with Gasteiger partial charge >= 0.3 is 0 Å². The van der Waals surface area contributed by atoms with Crippen molar-refractivity contribution in [2.75, 3.05) is 13.7 Å². The van der Waals surface area contributed by atoms with Gasteiger partial charge in [-0.3, -0.25) is 4.79 Å². The third-order valence-corrected chi connectivity index (χ3v) is 4.63. The topological polar surface area (TPSA) is 43.6 Å². The number of benzene rings is 2. The van der Waals surface area contributed by atoms with Crippen molar-refractivity contribution in [2.45, 2.75) is 13.0 Å². The number of nitrogens with zero attached hydrogens (tertiary/aromatic N) is 2. The van der Waals surface area contributed by atoms with Gasteiger partial charge in [0.1, 0.15) is 5.82 Å². The lowest BCUT2D eigenvalue weighted by Gasteiger charge is -2.04. The molecule has 0 aliphatic rings. The standard InChI is InChI=1S/C18H17FN2O2S/c1-23-11-10-21-17-14(19)8-5-9-15(17)24-18(21)20-16(22)12-13-6-3-2-4-7-13/h2-9H,10-12H2,1H3. The van der Waals surface area contributed by atoms with E-state index in [0.29, 0.717) is 23.5 Å². The molecule has 3 aromatic rings. The quantitative estimate of drug-likeness (QED) is 0.714. The fourth-order valence-electron chi connectivity index (χ4n) is 2.48. The number of methoxy groups -OCH3 is 1. The van der Waals surface area contributed by atoms with E-state index in [4.69, 9.17) is 4.74 Å². The minimum atomic E-state index is -0.322. The molecule has 3 rings (SSSR count). The Balaban J connectivity index is 2.01. The van der Waals surface area contributed by atoms with Crippen molar-refractivity contribution in [1.29, 1.82) is 0 Å². The van der Waals surface area contributed by atoms with E-state index in [9.17, 15) is 9.18 Å². The number of fused-ring (bicyclic) bond motifs is 1. The van der Waals surface area contributed by atoms with Gasteiger partial charge in [-0.05, 0) is 17.7 Å². The van der Waals surface area contributed by atoms with E-state index < -0.39 is 0 Å². The van der Waals surface area contributed by atoms with Crippen LogP contribution in [-0.2, 0) is 22.5 Å². The Labute approximate surface area is 142 Å². The van der Waals surface area contributed by atoms with Crippen molar-refractivity contribution in [1.82, 2.24) is 4.57 Å². The molecule has 0 spiro atoms. The Morgan fingerprint density at radius 1 is 1.21 bits per heavy atom. The molecule has 0 aliphatic heterocycles. The van der Waals surface area contributed by atoms with Gasteiger partial charge < -0.3 is 9.30 Å². The lowest BCUT2D eigenvalue weighted by molar-refractivity contribution is -0.117. The molecule has 0 saturated heterocycles. The maximum absolute atomic E-state index is 14.2. The SMILES string of the molecule is COCCn1c(=NC(=O)Cc2ccccc2)sc2cccc(F)c21. The summed E-state index contributed by atoms with van der Waals surface area (Å²) in [6, 6.07) is 14.3. The minimum Gasteiger partial charge on any atom is -0.383 e. The highest BCUT2D eigenvalue weighted by Crippen LogP contribution is 2.20. The summed E-state index contributed by atoms with van der Waals surface area (Å²) < 4.78 is 21.8. The molecule has 0 atom stereocenters. The molecule has 0 radical (unpaired) electrons. The molecule has 1 amide bonds. The summed E-state index contributed by atoms with van der Waals surface area (Å²) in [5.41, 5.74) is 1.37. The Morgan fingerprint density at radius 3 is 2.75 bits per heavy atom. The van der Waals surface area contributed by atoms with Gasteiger partial charge in [-0.1, -0.05) is 47.7 Å². The van der Waals surface area contributed by atoms with E-state index in [0.717, 1.165) is 10.3 Å². The first-order valence-corrected chi connectivity index (χ1v) is 8.39. The van der Waals surface area contributed by atoms with Gasteiger partial charge in [-0.15, -0.1) is 0 Å². The number of para-hydroxylation sites is 1. The van der Waals surface area contributed by atoms with Crippen molar-refractivity contribution in [2.24, 2.45) is 4.99 Å². The Hall–Kier alpha value is -2.31. The molecule has 6 heteroatoms. The third-order valence-electron chi connectivity index (χ3n) is 3.59. The van der Waals surface area contributed by atoms with Crippen molar-refractivity contribution >= 4 is 27.5 Å². The van der Waals surface area contributed by atoms with Gasteiger partial charge in [-0.25, -0.2) is 4.39 Å². The van der Waals surface area contributed by atoms with Crippen LogP contribution in [0.1, 0.15) is 5.56 Å². The molecule has 2 aromatic carbocycles. The maximum atomic E-state index is 14.2. The summed E-state index contributed by atoms with van der Waals surface area (Å²) in [7, 11) is 1.59. The molecule has 1 heterocycles. The Kier molecular flexibility index (Phi) is 5.17. The summed E-state index contributed by atoms with van der Waals surface area (Å²) in [4.78, 5) is 17.0. The Bertz CT molecular complexity index is 916. The second-order valence-corrected chi connectivity index (χ2v) is 6.29. The average Bonchev–Trinajstić information content (AvgIpc) is 2.92. The highest BCUT2D eigenvalue weighted by molar-refractivity contribution is 7.16. The van der Waals surface area contributed by atoms with Crippen LogP contribution in [0.5, 0.6) is 0 Å². The monoisotopic (exact) mass is 344 g/mol. The van der Waals surface area contributed by atoms with E-state index in [2.05, 4.69) is 4.99 Å². The van der Waals surface area contributed by atoms with Gasteiger partial charge in [0.2, 0.25) is 0 Å². The van der Waals surface area contributed by atoms with Gasteiger partial charge in [-0.2, -0.15) is 4.99 Å². The summed E-state index contributed by atoms with van der Waals surface area (Å²) in [6.07, 6.45) is 0.224. The molecule has 0 aliphatic carbocycles. The van der Waals surface area contributed by atoms with E-state index in [1.165, 1.54) is 17.4 Å². The Morgan fingerprint density at radius 2 is 2.00 bits per heavy atom. The van der Waals surface area contributed by atoms with Crippen LogP contribution in [0.15, 0.2) is 53.5 Å². The zero-order chi connectivity index (χ0) is 16.9. The van der Waals surface area contributed by atoms with Crippen LogP contribution in [-0.4, -0.2) is 24.2 Å². The summed E-state index contributed by atoms with van der Waals surface area (Å²) in [5, 5.41) is 0. The van der Waals surface area contributed by atoms with Gasteiger partial charge in [0.15, 0.2) is 4.80 Å². The first kappa shape index (κ1) is 16.5. The zero-order valence-electron chi connectivity index (χ0n) is 13.2. The second kappa shape index (κ2) is 7.51. The van der Waals surface area contributed by atoms with Crippen molar-refractivity contribution in [3.05, 3.63) is 64.7 Å². The van der Waals surface area contributed by atoms with Crippen molar-refractivity contribution in [3.8, 4) is 0 Å². The summed E-state index contributed by atoms with van der Waals surface area (Å²) in [6.45, 7) is 0.856. The molecule has 1 aromatic heterocycles. The minimum absolute atomic E-state index is 0.224. The number of ether oxygens (including phenoxy) is 1. The molecule has 124 valence electrons. The number of rotatable bonds is 5. The van der Waals surface area contributed by atoms with E-state index in [1.807, 2.05) is 36.4 Å². The fraction of sp³-hybridized carbons (Fsp3) is 0.222. The molecule has 0 bridgehead atoms. The van der Waals surface area contributed by atoms with Crippen molar-refractivity contribution < 1.29 is 13.9 Å². The average molecular weight is 344 g/mol. The van der Waals surface area contributed by atoms with Crippen LogP contribution in [0.3, 0.4) is 0 Å². The zero-order valence-corrected chi connectivity index (χ0v) is 14.1. The number of hydrogen-bond acceptors (Lipinski definition) is 3. The highest BCUT2D eigenvalue weighted by atomic mass is 32.1. The van der Waals surface area contributed by atoms with Crippen molar-refractivity contribution in [3.63, 3.8) is 0 Å². The molecular formula is C18H17FN2O2S. The number of thiazole rings is 1. The van der Waals surface area contributed by atoms with E-state index >= 15 is 0 Å². The van der Waals surface area contributed by atoms with E-state index in [1.54, 1.807) is 17.7 Å². The van der Waals surface area contributed by atoms with Gasteiger partial charge in [0.25, 0.3) is 5.91 Å². The van der Waals surface area contributed by atoms with E-state index in [-0.39, 0.29) is 18.1 Å². The van der Waals surface area contributed by atoms with Crippen LogP contribution >= 0.6 is 11.3 Å². The first-order valence-electron chi connectivity index (χ1n) is 7.57. The molecule has 24 heavy (non-hydrogen) atoms. The van der Waals surface area contributed by atoms with Crippen LogP contribution in [0, 0.1) is 5.82 Å². The van der Waals surface area contributed by atoms with Crippen LogP contribution in [0.25, 0.3) is 10.2 Å². The third kappa shape index (κ3) is 3.60. The van der Waals surface area contributed by atoms with Gasteiger partial charge in [0, 0.05) is 13.7 Å². The number of hydrogen-bond donors (Lipinski definition) is 0. The maximum Gasteiger partial charge on any atom is 0.252 e. The van der Waals surface area contributed by atoms with Crippen LogP contribution in [0.4, 0.5) is 4.39 Å². The molecule has 0 saturated carbocycles. The smallest absolute Gasteiger partial charge is 0.252 e. The van der Waals surface area contributed by atoms with Crippen LogP contribution in [0.2, 0.25) is 0 Å². The number of aromatic nitrogens is 1. The predicted molar refractivity (Wildman–Crippen MR) is 92.4 cm³/mol. The highest BCUT2D eigenvalue weighted by Gasteiger charge is 2.11. The largest absolute Gasteiger partial charge is 0.383 e. The predicted octanol–water partition coefficient (Wildman–Crippen LogP) is 3.16. The molecule has 0 N–H and O–H groups in total. The molecule has 0 unspecified atom stereocenters. The molecule has 0 fully saturated rings. The fourth-order valence-corrected chi connectivity index (χ4v) is 3.57. The first-order chi connectivity index (χ1) is 11.7. The number of amides is 1.